The van der Waals surface area contributed by atoms with E-state index in [-0.39, 0.29) is 17.8 Å². The molecule has 1 N–H and O–H groups in total. The van der Waals surface area contributed by atoms with Crippen LogP contribution in [0.2, 0.25) is 0 Å². The summed E-state index contributed by atoms with van der Waals surface area (Å²) in [6.45, 7) is 3.37. The highest BCUT2D eigenvalue weighted by Gasteiger charge is 2.25. The van der Waals surface area contributed by atoms with Gasteiger partial charge in [-0.3, -0.25) is 9.69 Å². The number of methoxy groups -OCH3 is 1. The van der Waals surface area contributed by atoms with Crippen LogP contribution in [0.1, 0.15) is 38.2 Å². The first-order valence-corrected chi connectivity index (χ1v) is 8.38. The Hall–Kier alpha value is -1.46. The van der Waals surface area contributed by atoms with Crippen molar-refractivity contribution < 1.29 is 13.9 Å². The van der Waals surface area contributed by atoms with Crippen molar-refractivity contribution in [1.29, 1.82) is 0 Å². The number of carbonyl (C=O) groups excluding carboxylic acids is 1. The van der Waals surface area contributed by atoms with Crippen molar-refractivity contribution in [3.05, 3.63) is 35.6 Å². The Bertz CT molecular complexity index is 504. The largest absolute Gasteiger partial charge is 0.383 e. The van der Waals surface area contributed by atoms with Crippen LogP contribution in [-0.2, 0) is 16.1 Å². The van der Waals surface area contributed by atoms with Gasteiger partial charge in [0.05, 0.1) is 12.6 Å². The normalized spacial score (nSPS) is 16.7. The van der Waals surface area contributed by atoms with Crippen molar-refractivity contribution in [3.63, 3.8) is 0 Å². The molecule has 0 bridgehead atoms. The number of ether oxygens (including phenoxy) is 1. The van der Waals surface area contributed by atoms with Crippen LogP contribution >= 0.6 is 0 Å². The molecule has 4 nitrogen and oxygen atoms in total. The third kappa shape index (κ3) is 5.29. The average Bonchev–Trinajstić information content (AvgIpc) is 3.05. The second-order valence-electron chi connectivity index (χ2n) is 6.22. The summed E-state index contributed by atoms with van der Waals surface area (Å²) in [5.41, 5.74) is 0.601. The molecule has 1 fully saturated rings. The summed E-state index contributed by atoms with van der Waals surface area (Å²) in [5, 5.41) is 3.12. The maximum atomic E-state index is 13.9. The zero-order valence-electron chi connectivity index (χ0n) is 14.1. The fourth-order valence-corrected chi connectivity index (χ4v) is 3.02. The quantitative estimate of drug-likeness (QED) is 0.800. The lowest BCUT2D eigenvalue weighted by Gasteiger charge is -2.29. The van der Waals surface area contributed by atoms with E-state index < -0.39 is 0 Å². The summed E-state index contributed by atoms with van der Waals surface area (Å²) in [5.74, 6) is -0.220. The van der Waals surface area contributed by atoms with Gasteiger partial charge in [-0.05, 0) is 25.8 Å². The molecule has 23 heavy (non-hydrogen) atoms. The zero-order valence-corrected chi connectivity index (χ0v) is 14.1. The first-order valence-electron chi connectivity index (χ1n) is 8.38. The standard InChI is InChI=1S/C18H27FN2O2/c1-14(18(22)20-16-8-4-5-9-16)21(11-12-23-2)13-15-7-3-6-10-17(15)19/h3,6-7,10,14,16H,4-5,8-9,11-13H2,1-2H3,(H,20,22)/t14-/m0/s1. The molecule has 128 valence electrons. The van der Waals surface area contributed by atoms with E-state index in [2.05, 4.69) is 5.32 Å². The molecule has 1 atom stereocenters. The summed E-state index contributed by atoms with van der Waals surface area (Å²) in [6.07, 6.45) is 4.48. The first-order chi connectivity index (χ1) is 11.1. The lowest BCUT2D eigenvalue weighted by atomic mass is 10.1. The van der Waals surface area contributed by atoms with Gasteiger partial charge < -0.3 is 10.1 Å². The third-order valence-electron chi connectivity index (χ3n) is 4.54. The van der Waals surface area contributed by atoms with Gasteiger partial charge in [0, 0.05) is 31.8 Å². The second-order valence-corrected chi connectivity index (χ2v) is 6.22. The van der Waals surface area contributed by atoms with E-state index in [1.165, 1.54) is 18.9 Å². The molecule has 0 radical (unpaired) electrons. The number of rotatable bonds is 8. The van der Waals surface area contributed by atoms with E-state index in [0.29, 0.717) is 31.3 Å². The van der Waals surface area contributed by atoms with Crippen LogP contribution in [0.25, 0.3) is 0 Å². The van der Waals surface area contributed by atoms with Crippen molar-refractivity contribution in [2.75, 3.05) is 20.3 Å². The molecule has 0 aliphatic heterocycles. The number of carbonyl (C=O) groups is 1. The molecule has 1 aromatic carbocycles. The Morgan fingerprint density at radius 3 is 2.74 bits per heavy atom. The minimum atomic E-state index is -0.314. The summed E-state index contributed by atoms with van der Waals surface area (Å²) < 4.78 is 19.0. The van der Waals surface area contributed by atoms with Gasteiger partial charge in [-0.15, -0.1) is 0 Å². The van der Waals surface area contributed by atoms with Crippen molar-refractivity contribution in [2.24, 2.45) is 0 Å². The van der Waals surface area contributed by atoms with Crippen LogP contribution in [0.4, 0.5) is 4.39 Å². The molecular weight excluding hydrogens is 295 g/mol. The van der Waals surface area contributed by atoms with Gasteiger partial charge in [0.1, 0.15) is 5.82 Å². The van der Waals surface area contributed by atoms with Crippen LogP contribution in [0.15, 0.2) is 24.3 Å². The highest BCUT2D eigenvalue weighted by molar-refractivity contribution is 5.81. The predicted octanol–water partition coefficient (Wildman–Crippen LogP) is 2.72. The molecule has 1 saturated carbocycles. The van der Waals surface area contributed by atoms with Gasteiger partial charge in [-0.2, -0.15) is 0 Å². The van der Waals surface area contributed by atoms with E-state index in [9.17, 15) is 9.18 Å². The minimum absolute atomic E-state index is 0.0179. The van der Waals surface area contributed by atoms with Crippen LogP contribution in [0.5, 0.6) is 0 Å². The molecule has 1 aliphatic rings. The molecule has 0 aromatic heterocycles. The highest BCUT2D eigenvalue weighted by Crippen LogP contribution is 2.18. The Kier molecular flexibility index (Phi) is 6.99. The molecule has 0 saturated heterocycles. The van der Waals surface area contributed by atoms with Gasteiger partial charge in [0.15, 0.2) is 0 Å². The molecular formula is C18H27FN2O2. The number of hydrogen-bond donors (Lipinski definition) is 1. The smallest absolute Gasteiger partial charge is 0.237 e. The molecule has 1 aromatic rings. The SMILES string of the molecule is COCCN(Cc1ccccc1F)[C@@H](C)C(=O)NC1CCCC1. The number of nitrogens with one attached hydrogen (secondary N) is 1. The Labute approximate surface area is 138 Å². The minimum Gasteiger partial charge on any atom is -0.383 e. The highest BCUT2D eigenvalue weighted by atomic mass is 19.1. The predicted molar refractivity (Wildman–Crippen MR) is 88.5 cm³/mol. The topological polar surface area (TPSA) is 41.6 Å². The van der Waals surface area contributed by atoms with E-state index in [0.717, 1.165) is 12.8 Å². The first kappa shape index (κ1) is 17.9. The summed E-state index contributed by atoms with van der Waals surface area (Å²) in [4.78, 5) is 14.5. The van der Waals surface area contributed by atoms with Gasteiger partial charge in [-0.1, -0.05) is 31.0 Å². The molecule has 1 amide bonds. The second kappa shape index (κ2) is 8.99. The van der Waals surface area contributed by atoms with Crippen molar-refractivity contribution in [2.45, 2.75) is 51.2 Å². The Morgan fingerprint density at radius 1 is 1.39 bits per heavy atom. The monoisotopic (exact) mass is 322 g/mol. The number of halogens is 1. The van der Waals surface area contributed by atoms with Gasteiger partial charge in [-0.25, -0.2) is 4.39 Å². The summed E-state index contributed by atoms with van der Waals surface area (Å²) in [6, 6.07) is 6.68. The molecule has 0 spiro atoms. The molecule has 0 unspecified atom stereocenters. The maximum Gasteiger partial charge on any atom is 0.237 e. The van der Waals surface area contributed by atoms with Crippen LogP contribution in [0.3, 0.4) is 0 Å². The molecule has 5 heteroatoms. The van der Waals surface area contributed by atoms with E-state index in [4.69, 9.17) is 4.74 Å². The lowest BCUT2D eigenvalue weighted by molar-refractivity contribution is -0.127. The summed E-state index contributed by atoms with van der Waals surface area (Å²) >= 11 is 0. The Balaban J connectivity index is 2.00. The van der Waals surface area contributed by atoms with Crippen molar-refractivity contribution in [3.8, 4) is 0 Å². The van der Waals surface area contributed by atoms with Gasteiger partial charge in [0.2, 0.25) is 5.91 Å². The maximum absolute atomic E-state index is 13.9. The fraction of sp³-hybridized carbons (Fsp3) is 0.611. The van der Waals surface area contributed by atoms with Crippen LogP contribution in [-0.4, -0.2) is 43.2 Å². The van der Waals surface area contributed by atoms with E-state index >= 15 is 0 Å². The van der Waals surface area contributed by atoms with Crippen molar-refractivity contribution >= 4 is 5.91 Å². The van der Waals surface area contributed by atoms with Crippen molar-refractivity contribution in [1.82, 2.24) is 10.2 Å². The molecule has 0 heterocycles. The fourth-order valence-electron chi connectivity index (χ4n) is 3.02. The average molecular weight is 322 g/mol. The summed E-state index contributed by atoms with van der Waals surface area (Å²) in [7, 11) is 1.63. The Morgan fingerprint density at radius 2 is 2.09 bits per heavy atom. The van der Waals surface area contributed by atoms with Gasteiger partial charge >= 0.3 is 0 Å². The van der Waals surface area contributed by atoms with Gasteiger partial charge in [0.25, 0.3) is 0 Å². The molecule has 1 aliphatic carbocycles. The van der Waals surface area contributed by atoms with E-state index in [1.807, 2.05) is 17.9 Å². The third-order valence-corrected chi connectivity index (χ3v) is 4.54. The number of benzene rings is 1. The van der Waals surface area contributed by atoms with Crippen LogP contribution in [0, 0.1) is 5.82 Å². The number of nitrogens with zero attached hydrogens (tertiary/aromatic N) is 1. The van der Waals surface area contributed by atoms with Crippen LogP contribution < -0.4 is 5.32 Å². The lowest BCUT2D eigenvalue weighted by Crippen LogP contribution is -2.48. The molecule has 2 rings (SSSR count). The number of hydrogen-bond acceptors (Lipinski definition) is 3. The number of amides is 1. The van der Waals surface area contributed by atoms with E-state index in [1.54, 1.807) is 19.2 Å². The zero-order chi connectivity index (χ0) is 16.7.